The lowest BCUT2D eigenvalue weighted by Crippen LogP contribution is -2.44. The molecular weight excluding hydrogens is 304 g/mol. The van der Waals surface area contributed by atoms with Gasteiger partial charge in [-0.25, -0.2) is 4.98 Å². The van der Waals surface area contributed by atoms with Crippen molar-refractivity contribution in [3.8, 4) is 0 Å². The maximum atomic E-state index is 12.7. The van der Waals surface area contributed by atoms with Crippen molar-refractivity contribution in [1.82, 2.24) is 19.8 Å². The molecule has 0 spiro atoms. The minimum atomic E-state index is 0.00595. The number of likely N-dealkylation sites (tertiary alicyclic amines) is 1. The number of H-pyrrole nitrogens is 1. The average Bonchev–Trinajstić information content (AvgIpc) is 3.24. The molecule has 2 aliphatic rings. The molecule has 1 aromatic heterocycles. The summed E-state index contributed by atoms with van der Waals surface area (Å²) < 4.78 is 0. The Balaban J connectivity index is 1.56. The van der Waals surface area contributed by atoms with Crippen molar-refractivity contribution in [2.45, 2.75) is 25.3 Å². The molecule has 2 aromatic rings. The van der Waals surface area contributed by atoms with Crippen LogP contribution in [0.25, 0.3) is 0 Å². The van der Waals surface area contributed by atoms with Crippen molar-refractivity contribution in [2.24, 2.45) is 0 Å². The molecule has 3 heterocycles. The first-order valence-electron chi connectivity index (χ1n) is 8.35. The molecule has 1 N–H and O–H groups in total. The zero-order valence-electron chi connectivity index (χ0n) is 13.4. The Morgan fingerprint density at radius 3 is 2.88 bits per heavy atom. The van der Waals surface area contributed by atoms with Crippen molar-refractivity contribution >= 4 is 11.8 Å². The van der Waals surface area contributed by atoms with Crippen LogP contribution in [0.4, 0.5) is 0 Å². The van der Waals surface area contributed by atoms with Crippen LogP contribution >= 0.6 is 0 Å². The highest BCUT2D eigenvalue weighted by Crippen LogP contribution is 2.31. The maximum Gasteiger partial charge on any atom is 0.242 e. The number of carbonyl (C=O) groups is 2. The van der Waals surface area contributed by atoms with E-state index >= 15 is 0 Å². The summed E-state index contributed by atoms with van der Waals surface area (Å²) in [5.41, 5.74) is 3.15. The van der Waals surface area contributed by atoms with Crippen LogP contribution in [0.5, 0.6) is 0 Å². The first-order chi connectivity index (χ1) is 11.7. The van der Waals surface area contributed by atoms with Crippen LogP contribution in [0, 0.1) is 0 Å². The minimum absolute atomic E-state index is 0.00595. The predicted octanol–water partition coefficient (Wildman–Crippen LogP) is 1.51. The Hall–Kier alpha value is -2.63. The number of nitrogens with zero attached hydrogens (tertiary/aromatic N) is 3. The fourth-order valence-corrected chi connectivity index (χ4v) is 3.59. The van der Waals surface area contributed by atoms with E-state index in [9.17, 15) is 9.59 Å². The third-order valence-corrected chi connectivity index (χ3v) is 4.89. The highest BCUT2D eigenvalue weighted by atomic mass is 16.2. The van der Waals surface area contributed by atoms with Gasteiger partial charge in [0.2, 0.25) is 11.8 Å². The summed E-state index contributed by atoms with van der Waals surface area (Å²) in [4.78, 5) is 35.6. The van der Waals surface area contributed by atoms with Crippen LogP contribution in [0.3, 0.4) is 0 Å². The predicted molar refractivity (Wildman–Crippen MR) is 88.1 cm³/mol. The first kappa shape index (κ1) is 14.9. The Labute approximate surface area is 140 Å². The van der Waals surface area contributed by atoms with Crippen LogP contribution in [0.15, 0.2) is 36.7 Å². The fraction of sp³-hybridized carbons (Fsp3) is 0.389. The third kappa shape index (κ3) is 2.68. The quantitative estimate of drug-likeness (QED) is 0.930. The smallest absolute Gasteiger partial charge is 0.242 e. The topological polar surface area (TPSA) is 69.3 Å². The minimum Gasteiger partial charge on any atom is -0.347 e. The van der Waals surface area contributed by atoms with Gasteiger partial charge in [-0.2, -0.15) is 0 Å². The number of rotatable bonds is 3. The molecule has 24 heavy (non-hydrogen) atoms. The maximum absolute atomic E-state index is 12.7. The van der Waals surface area contributed by atoms with E-state index in [0.717, 1.165) is 23.4 Å². The molecule has 1 atom stereocenters. The van der Waals surface area contributed by atoms with Crippen molar-refractivity contribution in [3.63, 3.8) is 0 Å². The summed E-state index contributed by atoms with van der Waals surface area (Å²) in [6.07, 6.45) is 3.10. The molecule has 0 radical (unpaired) electrons. The van der Waals surface area contributed by atoms with E-state index in [1.54, 1.807) is 11.2 Å². The summed E-state index contributed by atoms with van der Waals surface area (Å²) in [5.74, 6) is 0.160. The highest BCUT2D eigenvalue weighted by molar-refractivity contribution is 5.86. The number of fused-ring (bicyclic) bond motifs is 1. The van der Waals surface area contributed by atoms with Crippen LogP contribution in [-0.4, -0.2) is 51.2 Å². The molecule has 1 aromatic carbocycles. The van der Waals surface area contributed by atoms with E-state index in [0.29, 0.717) is 26.1 Å². The van der Waals surface area contributed by atoms with Crippen molar-refractivity contribution in [1.29, 1.82) is 0 Å². The van der Waals surface area contributed by atoms with Gasteiger partial charge in [-0.05, 0) is 12.0 Å². The molecule has 1 fully saturated rings. The number of carbonyl (C=O) groups excluding carboxylic acids is 2. The van der Waals surface area contributed by atoms with Gasteiger partial charge in [0.15, 0.2) is 0 Å². The molecule has 124 valence electrons. The van der Waals surface area contributed by atoms with Crippen LogP contribution in [0.1, 0.15) is 35.7 Å². The molecule has 1 unspecified atom stereocenters. The normalized spacial score (nSPS) is 20.3. The summed E-state index contributed by atoms with van der Waals surface area (Å²) in [5, 5.41) is 0. The number of aromatic amines is 1. The number of imidazole rings is 1. The van der Waals surface area contributed by atoms with Gasteiger partial charge in [0.25, 0.3) is 0 Å². The number of amides is 2. The number of nitrogens with one attached hydrogen (secondary N) is 1. The molecule has 6 heteroatoms. The summed E-state index contributed by atoms with van der Waals surface area (Å²) in [6, 6.07) is 10.1. The van der Waals surface area contributed by atoms with E-state index in [1.165, 1.54) is 0 Å². The molecule has 0 aliphatic carbocycles. The molecule has 6 nitrogen and oxygen atoms in total. The molecule has 4 rings (SSSR count). The number of aromatic nitrogens is 2. The zero-order valence-corrected chi connectivity index (χ0v) is 13.4. The Morgan fingerprint density at radius 2 is 2.12 bits per heavy atom. The Morgan fingerprint density at radius 1 is 1.29 bits per heavy atom. The van der Waals surface area contributed by atoms with Gasteiger partial charge in [0.05, 0.1) is 30.8 Å². The SMILES string of the molecule is O=C1CCCN1CC(=O)N1Cc2[nH]cnc2C(c2ccccc2)C1. The van der Waals surface area contributed by atoms with Crippen molar-refractivity contribution in [3.05, 3.63) is 53.6 Å². The van der Waals surface area contributed by atoms with Gasteiger partial charge >= 0.3 is 0 Å². The van der Waals surface area contributed by atoms with E-state index in [2.05, 4.69) is 22.1 Å². The van der Waals surface area contributed by atoms with Gasteiger partial charge in [-0.15, -0.1) is 0 Å². The third-order valence-electron chi connectivity index (χ3n) is 4.89. The summed E-state index contributed by atoms with van der Waals surface area (Å²) >= 11 is 0. The fourth-order valence-electron chi connectivity index (χ4n) is 3.59. The van der Waals surface area contributed by atoms with Crippen molar-refractivity contribution in [2.75, 3.05) is 19.6 Å². The van der Waals surface area contributed by atoms with E-state index in [4.69, 9.17) is 0 Å². The first-order valence-corrected chi connectivity index (χ1v) is 8.35. The van der Waals surface area contributed by atoms with E-state index < -0.39 is 0 Å². The van der Waals surface area contributed by atoms with E-state index in [1.807, 2.05) is 23.1 Å². The molecule has 2 aliphatic heterocycles. The summed E-state index contributed by atoms with van der Waals surface area (Å²) in [7, 11) is 0. The van der Waals surface area contributed by atoms with Gasteiger partial charge in [-0.3, -0.25) is 9.59 Å². The Bertz CT molecular complexity index is 755. The van der Waals surface area contributed by atoms with Crippen LogP contribution in [0.2, 0.25) is 0 Å². The lowest BCUT2D eigenvalue weighted by atomic mass is 9.91. The van der Waals surface area contributed by atoms with Crippen LogP contribution < -0.4 is 0 Å². The number of hydrogen-bond donors (Lipinski definition) is 1. The molecule has 0 bridgehead atoms. The second kappa shape index (κ2) is 6.11. The second-order valence-electron chi connectivity index (χ2n) is 6.42. The number of hydrogen-bond acceptors (Lipinski definition) is 3. The summed E-state index contributed by atoms with van der Waals surface area (Å²) in [6.45, 7) is 2.00. The van der Waals surface area contributed by atoms with Crippen molar-refractivity contribution < 1.29 is 9.59 Å². The Kier molecular flexibility index (Phi) is 3.80. The highest BCUT2D eigenvalue weighted by Gasteiger charge is 2.32. The van der Waals surface area contributed by atoms with Gasteiger partial charge < -0.3 is 14.8 Å². The van der Waals surface area contributed by atoms with Gasteiger partial charge in [0.1, 0.15) is 0 Å². The average molecular weight is 324 g/mol. The number of benzene rings is 1. The lowest BCUT2D eigenvalue weighted by molar-refractivity contribution is -0.139. The largest absolute Gasteiger partial charge is 0.347 e. The molecule has 1 saturated heterocycles. The lowest BCUT2D eigenvalue weighted by Gasteiger charge is -2.33. The van der Waals surface area contributed by atoms with Gasteiger partial charge in [0, 0.05) is 25.4 Å². The second-order valence-corrected chi connectivity index (χ2v) is 6.42. The monoisotopic (exact) mass is 324 g/mol. The molecule has 0 saturated carbocycles. The molecule has 2 amide bonds. The van der Waals surface area contributed by atoms with Gasteiger partial charge in [-0.1, -0.05) is 30.3 Å². The molecular formula is C18H20N4O2. The van der Waals surface area contributed by atoms with E-state index in [-0.39, 0.29) is 24.3 Å². The zero-order chi connectivity index (χ0) is 16.5. The van der Waals surface area contributed by atoms with Crippen LogP contribution in [-0.2, 0) is 16.1 Å². The standard InChI is InChI=1S/C18H20N4O2/c23-16-7-4-8-21(16)11-17(24)22-9-14(13-5-2-1-3-6-13)18-15(10-22)19-12-20-18/h1-3,5-6,12,14H,4,7-11H2,(H,19,20).